The van der Waals surface area contributed by atoms with Crippen molar-refractivity contribution >= 4 is 11.8 Å². The van der Waals surface area contributed by atoms with Crippen LogP contribution in [-0.4, -0.2) is 31.2 Å². The van der Waals surface area contributed by atoms with Crippen LogP contribution in [-0.2, 0) is 12.8 Å². The van der Waals surface area contributed by atoms with Crippen molar-refractivity contribution in [3.63, 3.8) is 0 Å². The van der Waals surface area contributed by atoms with Gasteiger partial charge in [-0.1, -0.05) is 19.1 Å². The Morgan fingerprint density at radius 1 is 1.44 bits per heavy atom. The van der Waals surface area contributed by atoms with Gasteiger partial charge in [-0.2, -0.15) is 11.8 Å². The van der Waals surface area contributed by atoms with Crippen molar-refractivity contribution in [3.05, 3.63) is 29.3 Å². The number of benzene rings is 1. The molecule has 0 radical (unpaired) electrons. The molecule has 2 rings (SSSR count). The van der Waals surface area contributed by atoms with E-state index in [-0.39, 0.29) is 0 Å². The minimum atomic E-state index is 0.624. The van der Waals surface area contributed by atoms with Crippen LogP contribution in [0, 0.1) is 0 Å². The van der Waals surface area contributed by atoms with Gasteiger partial charge in [-0.15, -0.1) is 0 Å². The van der Waals surface area contributed by atoms with Crippen LogP contribution in [0.25, 0.3) is 0 Å². The van der Waals surface area contributed by atoms with Crippen molar-refractivity contribution in [2.45, 2.75) is 32.2 Å². The van der Waals surface area contributed by atoms with Crippen LogP contribution in [0.4, 0.5) is 0 Å². The van der Waals surface area contributed by atoms with E-state index >= 15 is 0 Å². The van der Waals surface area contributed by atoms with Gasteiger partial charge in [-0.3, -0.25) is 0 Å². The Morgan fingerprint density at radius 2 is 2.33 bits per heavy atom. The molecular formula is C15H23NOS. The molecule has 0 saturated carbocycles. The topological polar surface area (TPSA) is 21.3 Å². The fraction of sp³-hybridized carbons (Fsp3) is 0.600. The van der Waals surface area contributed by atoms with Gasteiger partial charge in [0.15, 0.2) is 0 Å². The van der Waals surface area contributed by atoms with Crippen LogP contribution < -0.4 is 10.1 Å². The zero-order chi connectivity index (χ0) is 12.8. The quantitative estimate of drug-likeness (QED) is 0.819. The van der Waals surface area contributed by atoms with Crippen LogP contribution in [0.3, 0.4) is 0 Å². The minimum Gasteiger partial charge on any atom is -0.493 e. The van der Waals surface area contributed by atoms with Gasteiger partial charge < -0.3 is 10.1 Å². The fourth-order valence-corrected chi connectivity index (χ4v) is 3.16. The average molecular weight is 265 g/mol. The Balaban J connectivity index is 1.85. The Bertz CT molecular complexity index is 381. The fourth-order valence-electron chi connectivity index (χ4n) is 2.31. The number of hydrogen-bond acceptors (Lipinski definition) is 3. The lowest BCUT2D eigenvalue weighted by Crippen LogP contribution is -2.28. The highest BCUT2D eigenvalue weighted by atomic mass is 32.2. The Kier molecular flexibility index (Phi) is 5.39. The van der Waals surface area contributed by atoms with Gasteiger partial charge in [0, 0.05) is 18.2 Å². The summed E-state index contributed by atoms with van der Waals surface area (Å²) in [4.78, 5) is 0. The summed E-state index contributed by atoms with van der Waals surface area (Å²) in [6.07, 6.45) is 3.44. The molecule has 0 aliphatic carbocycles. The summed E-state index contributed by atoms with van der Waals surface area (Å²) in [6, 6.07) is 7.29. The third-order valence-electron chi connectivity index (χ3n) is 3.47. The maximum Gasteiger partial charge on any atom is 0.122 e. The molecule has 18 heavy (non-hydrogen) atoms. The number of aryl methyl sites for hydroxylation is 1. The molecule has 3 heteroatoms. The molecule has 0 amide bonds. The second-order valence-electron chi connectivity index (χ2n) is 4.72. The van der Waals surface area contributed by atoms with Gasteiger partial charge in [0.25, 0.3) is 0 Å². The molecule has 0 aromatic heterocycles. The van der Waals surface area contributed by atoms with Gasteiger partial charge in [0.2, 0.25) is 0 Å². The molecule has 1 aliphatic rings. The van der Waals surface area contributed by atoms with Crippen molar-refractivity contribution in [2.24, 2.45) is 0 Å². The highest BCUT2D eigenvalue weighted by molar-refractivity contribution is 7.99. The molecule has 0 saturated heterocycles. The SMILES string of the molecule is CCSCC(CCc1ccc2c(c1)CCO2)NC. The first kappa shape index (κ1) is 13.8. The van der Waals surface area contributed by atoms with E-state index in [0.717, 1.165) is 25.2 Å². The first-order chi connectivity index (χ1) is 8.83. The predicted octanol–water partition coefficient (Wildman–Crippen LogP) is 2.90. The molecule has 1 unspecified atom stereocenters. The lowest BCUT2D eigenvalue weighted by Gasteiger charge is -2.15. The second kappa shape index (κ2) is 7.05. The lowest BCUT2D eigenvalue weighted by molar-refractivity contribution is 0.357. The summed E-state index contributed by atoms with van der Waals surface area (Å²) in [5, 5.41) is 3.41. The number of ether oxygens (including phenoxy) is 1. The average Bonchev–Trinajstić information content (AvgIpc) is 2.86. The molecule has 1 atom stereocenters. The van der Waals surface area contributed by atoms with Gasteiger partial charge in [0.05, 0.1) is 6.61 Å². The van der Waals surface area contributed by atoms with Gasteiger partial charge in [-0.05, 0) is 42.8 Å². The maximum atomic E-state index is 5.54. The monoisotopic (exact) mass is 265 g/mol. The van der Waals surface area contributed by atoms with Gasteiger partial charge in [0.1, 0.15) is 5.75 Å². The highest BCUT2D eigenvalue weighted by Gasteiger charge is 2.12. The van der Waals surface area contributed by atoms with Crippen LogP contribution in [0.2, 0.25) is 0 Å². The number of hydrogen-bond donors (Lipinski definition) is 1. The molecule has 1 heterocycles. The van der Waals surface area contributed by atoms with E-state index in [4.69, 9.17) is 4.74 Å². The van der Waals surface area contributed by atoms with Crippen molar-refractivity contribution < 1.29 is 4.74 Å². The second-order valence-corrected chi connectivity index (χ2v) is 6.04. The molecule has 0 spiro atoms. The first-order valence-corrected chi connectivity index (χ1v) is 7.98. The molecule has 1 aromatic carbocycles. The molecule has 100 valence electrons. The molecule has 2 nitrogen and oxygen atoms in total. The van der Waals surface area contributed by atoms with E-state index in [0.29, 0.717) is 6.04 Å². The third-order valence-corrected chi connectivity index (χ3v) is 4.51. The Morgan fingerprint density at radius 3 is 3.11 bits per heavy atom. The molecule has 0 fully saturated rings. The Labute approximate surface area is 114 Å². The number of nitrogens with one attached hydrogen (secondary N) is 1. The van der Waals surface area contributed by atoms with Crippen molar-refractivity contribution in [2.75, 3.05) is 25.2 Å². The summed E-state index contributed by atoms with van der Waals surface area (Å²) >= 11 is 2.01. The van der Waals surface area contributed by atoms with Gasteiger partial charge in [-0.25, -0.2) is 0 Å². The van der Waals surface area contributed by atoms with Crippen molar-refractivity contribution in [3.8, 4) is 5.75 Å². The number of thioether (sulfide) groups is 1. The zero-order valence-corrected chi connectivity index (χ0v) is 12.2. The summed E-state index contributed by atoms with van der Waals surface area (Å²) in [5.41, 5.74) is 2.83. The van der Waals surface area contributed by atoms with Crippen molar-refractivity contribution in [1.29, 1.82) is 0 Å². The largest absolute Gasteiger partial charge is 0.493 e. The number of rotatable bonds is 7. The molecule has 1 aliphatic heterocycles. The standard InChI is InChI=1S/C15H23NOS/c1-3-18-11-14(16-2)6-4-12-5-7-15-13(10-12)8-9-17-15/h5,7,10,14,16H,3-4,6,8-9,11H2,1-2H3. The van der Waals surface area contributed by atoms with E-state index in [9.17, 15) is 0 Å². The predicted molar refractivity (Wildman–Crippen MR) is 79.8 cm³/mol. The number of fused-ring (bicyclic) bond motifs is 1. The summed E-state index contributed by atoms with van der Waals surface area (Å²) < 4.78 is 5.54. The first-order valence-electron chi connectivity index (χ1n) is 6.83. The highest BCUT2D eigenvalue weighted by Crippen LogP contribution is 2.26. The van der Waals surface area contributed by atoms with E-state index < -0.39 is 0 Å². The van der Waals surface area contributed by atoms with E-state index in [1.165, 1.54) is 29.1 Å². The summed E-state index contributed by atoms with van der Waals surface area (Å²) in [6.45, 7) is 3.07. The molecule has 1 aromatic rings. The van der Waals surface area contributed by atoms with Crippen LogP contribution in [0.15, 0.2) is 18.2 Å². The molecule has 0 bridgehead atoms. The van der Waals surface area contributed by atoms with Crippen LogP contribution in [0.5, 0.6) is 5.75 Å². The van der Waals surface area contributed by atoms with Crippen LogP contribution in [0.1, 0.15) is 24.5 Å². The zero-order valence-electron chi connectivity index (χ0n) is 11.4. The van der Waals surface area contributed by atoms with Crippen LogP contribution >= 0.6 is 11.8 Å². The van der Waals surface area contributed by atoms with Gasteiger partial charge >= 0.3 is 0 Å². The van der Waals surface area contributed by atoms with E-state index in [1.807, 2.05) is 11.8 Å². The lowest BCUT2D eigenvalue weighted by atomic mass is 10.0. The molecule has 1 N–H and O–H groups in total. The molecular weight excluding hydrogens is 242 g/mol. The van der Waals surface area contributed by atoms with E-state index in [2.05, 4.69) is 37.5 Å². The normalized spacial score (nSPS) is 15.2. The Hall–Kier alpha value is -0.670. The smallest absolute Gasteiger partial charge is 0.122 e. The summed E-state index contributed by atoms with van der Waals surface area (Å²) in [5.74, 6) is 3.50. The van der Waals surface area contributed by atoms with Crippen molar-refractivity contribution in [1.82, 2.24) is 5.32 Å². The minimum absolute atomic E-state index is 0.624. The maximum absolute atomic E-state index is 5.54. The summed E-state index contributed by atoms with van der Waals surface area (Å²) in [7, 11) is 2.07. The van der Waals surface area contributed by atoms with E-state index in [1.54, 1.807) is 0 Å². The third kappa shape index (κ3) is 3.66.